The number of anilines is 1. The topological polar surface area (TPSA) is 107 Å². The van der Waals surface area contributed by atoms with Crippen LogP contribution in [-0.4, -0.2) is 20.4 Å². The summed E-state index contributed by atoms with van der Waals surface area (Å²) >= 11 is 1.36. The molecular weight excluding hydrogens is 416 g/mol. The molecule has 4 rings (SSSR count). The summed E-state index contributed by atoms with van der Waals surface area (Å²) < 4.78 is 1.22. The van der Waals surface area contributed by atoms with Crippen molar-refractivity contribution < 1.29 is 9.72 Å². The van der Waals surface area contributed by atoms with Crippen LogP contribution in [0.5, 0.6) is 0 Å². The fourth-order valence-corrected chi connectivity index (χ4v) is 4.26. The highest BCUT2D eigenvalue weighted by molar-refractivity contribution is 7.17. The fourth-order valence-electron chi connectivity index (χ4n) is 3.36. The highest BCUT2D eigenvalue weighted by atomic mass is 32.1. The molecule has 2 aromatic carbocycles. The quantitative estimate of drug-likeness (QED) is 0.372. The van der Waals surface area contributed by atoms with E-state index in [1.165, 1.54) is 28.3 Å². The molecule has 0 bridgehead atoms. The molecular formula is C22H18N4O4S. The van der Waals surface area contributed by atoms with E-state index in [0.717, 1.165) is 16.7 Å². The first-order valence-corrected chi connectivity index (χ1v) is 10.3. The number of hydrogen-bond acceptors (Lipinski definition) is 6. The molecule has 0 radical (unpaired) electrons. The van der Waals surface area contributed by atoms with Gasteiger partial charge in [-0.2, -0.15) is 0 Å². The molecule has 156 valence electrons. The van der Waals surface area contributed by atoms with Crippen molar-refractivity contribution in [3.8, 4) is 11.1 Å². The number of rotatable bonds is 5. The van der Waals surface area contributed by atoms with Crippen molar-refractivity contribution in [2.75, 3.05) is 5.32 Å². The molecule has 9 heteroatoms. The lowest BCUT2D eigenvalue weighted by molar-refractivity contribution is -0.384. The number of carbonyl (C=O) groups excluding carboxylic acids is 1. The van der Waals surface area contributed by atoms with Crippen molar-refractivity contribution >= 4 is 38.8 Å². The van der Waals surface area contributed by atoms with Crippen LogP contribution in [0.25, 0.3) is 21.3 Å². The molecule has 2 aromatic heterocycles. The van der Waals surface area contributed by atoms with E-state index >= 15 is 0 Å². The number of amides is 1. The first-order valence-electron chi connectivity index (χ1n) is 9.43. The van der Waals surface area contributed by atoms with E-state index in [2.05, 4.69) is 10.3 Å². The number of nitro groups is 1. The van der Waals surface area contributed by atoms with Crippen molar-refractivity contribution in [3.63, 3.8) is 0 Å². The molecule has 4 aromatic rings. The Morgan fingerprint density at radius 3 is 2.65 bits per heavy atom. The van der Waals surface area contributed by atoms with Gasteiger partial charge in [0.2, 0.25) is 5.91 Å². The van der Waals surface area contributed by atoms with Crippen molar-refractivity contribution in [2.45, 2.75) is 20.4 Å². The number of aryl methyl sites for hydroxylation is 1. The molecule has 0 fully saturated rings. The Morgan fingerprint density at radius 1 is 1.19 bits per heavy atom. The minimum Gasteiger partial charge on any atom is -0.319 e. The predicted molar refractivity (Wildman–Crippen MR) is 121 cm³/mol. The third-order valence-corrected chi connectivity index (χ3v) is 6.02. The number of nitrogens with zero attached hydrogens (tertiary/aromatic N) is 3. The van der Waals surface area contributed by atoms with Crippen molar-refractivity contribution in [1.29, 1.82) is 0 Å². The van der Waals surface area contributed by atoms with Gasteiger partial charge in [0.15, 0.2) is 0 Å². The lowest BCUT2D eigenvalue weighted by atomic mass is 10.1. The molecule has 0 aliphatic heterocycles. The zero-order valence-corrected chi connectivity index (χ0v) is 17.6. The Balaban J connectivity index is 1.68. The summed E-state index contributed by atoms with van der Waals surface area (Å²) in [5.74, 6) is -0.545. The average molecular weight is 434 g/mol. The Morgan fingerprint density at radius 2 is 1.94 bits per heavy atom. The Kier molecular flexibility index (Phi) is 5.35. The van der Waals surface area contributed by atoms with E-state index in [1.807, 2.05) is 35.7 Å². The van der Waals surface area contributed by atoms with Crippen LogP contribution in [0.3, 0.4) is 0 Å². The SMILES string of the molecule is Cc1ccc([N+](=O)[O-])c(NC(=O)Cn2cnc3scc(-c4ccccc4)c3c2=O)c1C. The second kappa shape index (κ2) is 8.11. The number of benzene rings is 2. The monoisotopic (exact) mass is 434 g/mol. The molecule has 1 amide bonds. The first-order chi connectivity index (χ1) is 14.9. The lowest BCUT2D eigenvalue weighted by Gasteiger charge is -2.12. The minimum absolute atomic E-state index is 0.137. The van der Waals surface area contributed by atoms with E-state index < -0.39 is 10.8 Å². The maximum Gasteiger partial charge on any atom is 0.293 e. The molecule has 8 nitrogen and oxygen atoms in total. The molecule has 0 atom stereocenters. The van der Waals surface area contributed by atoms with Crippen LogP contribution in [0.2, 0.25) is 0 Å². The molecule has 0 saturated carbocycles. The summed E-state index contributed by atoms with van der Waals surface area (Å²) in [6.45, 7) is 3.20. The summed E-state index contributed by atoms with van der Waals surface area (Å²) in [4.78, 5) is 41.5. The summed E-state index contributed by atoms with van der Waals surface area (Å²) in [5.41, 5.74) is 2.67. The van der Waals surface area contributed by atoms with Gasteiger partial charge >= 0.3 is 0 Å². The molecule has 0 aliphatic rings. The Hall–Kier alpha value is -3.85. The summed E-state index contributed by atoms with van der Waals surface area (Å²) in [7, 11) is 0. The normalized spacial score (nSPS) is 10.9. The van der Waals surface area contributed by atoms with Gasteiger partial charge in [-0.1, -0.05) is 36.4 Å². The smallest absolute Gasteiger partial charge is 0.293 e. The molecule has 0 aliphatic carbocycles. The molecule has 1 N–H and O–H groups in total. The van der Waals surface area contributed by atoms with E-state index in [1.54, 1.807) is 19.9 Å². The number of carbonyl (C=O) groups is 1. The van der Waals surface area contributed by atoms with Crippen LogP contribution in [0.15, 0.2) is 59.0 Å². The van der Waals surface area contributed by atoms with Crippen LogP contribution < -0.4 is 10.9 Å². The van der Waals surface area contributed by atoms with Gasteiger partial charge < -0.3 is 5.32 Å². The van der Waals surface area contributed by atoms with Gasteiger partial charge in [0, 0.05) is 17.0 Å². The molecule has 0 saturated heterocycles. The molecule has 2 heterocycles. The zero-order valence-electron chi connectivity index (χ0n) is 16.8. The third-order valence-electron chi connectivity index (χ3n) is 5.13. The first kappa shape index (κ1) is 20.4. The van der Waals surface area contributed by atoms with Gasteiger partial charge in [0.1, 0.15) is 17.1 Å². The number of aromatic nitrogens is 2. The number of nitro benzene ring substituents is 1. The summed E-state index contributed by atoms with van der Waals surface area (Å²) in [6, 6.07) is 12.5. The van der Waals surface area contributed by atoms with Crippen molar-refractivity contribution in [2.24, 2.45) is 0 Å². The number of nitrogens with one attached hydrogen (secondary N) is 1. The van der Waals surface area contributed by atoms with E-state index in [4.69, 9.17) is 0 Å². The highest BCUT2D eigenvalue weighted by Gasteiger charge is 2.20. The standard InChI is InChI=1S/C22H18N4O4S/c1-13-8-9-17(26(29)30)20(14(13)2)24-18(27)10-25-12-23-21-19(22(25)28)16(11-31-21)15-6-4-3-5-7-15/h3-9,11-12H,10H2,1-2H3,(H,24,27). The number of hydrogen-bond donors (Lipinski definition) is 1. The van der Waals surface area contributed by atoms with Crippen LogP contribution in [0.4, 0.5) is 11.4 Å². The van der Waals surface area contributed by atoms with Gasteiger partial charge in [-0.25, -0.2) is 4.98 Å². The average Bonchev–Trinajstić information content (AvgIpc) is 3.19. The van der Waals surface area contributed by atoms with Gasteiger partial charge in [-0.3, -0.25) is 24.3 Å². The third kappa shape index (κ3) is 3.82. The van der Waals surface area contributed by atoms with Crippen LogP contribution in [0, 0.1) is 24.0 Å². The second-order valence-corrected chi connectivity index (χ2v) is 7.94. The van der Waals surface area contributed by atoms with E-state index in [0.29, 0.717) is 15.8 Å². The van der Waals surface area contributed by atoms with Gasteiger partial charge in [-0.05, 0) is 30.5 Å². The lowest BCUT2D eigenvalue weighted by Crippen LogP contribution is -2.28. The van der Waals surface area contributed by atoms with Gasteiger partial charge in [0.25, 0.3) is 11.2 Å². The maximum absolute atomic E-state index is 13.1. The second-order valence-electron chi connectivity index (χ2n) is 7.08. The Bertz CT molecular complexity index is 1380. The Labute approximate surface area is 181 Å². The predicted octanol–water partition coefficient (Wildman–Crippen LogP) is 4.29. The summed E-state index contributed by atoms with van der Waals surface area (Å²) in [6.07, 6.45) is 1.33. The highest BCUT2D eigenvalue weighted by Crippen LogP contribution is 2.31. The van der Waals surface area contributed by atoms with Crippen LogP contribution in [0.1, 0.15) is 11.1 Å². The van der Waals surface area contributed by atoms with Gasteiger partial charge in [-0.15, -0.1) is 11.3 Å². The van der Waals surface area contributed by atoms with E-state index in [-0.39, 0.29) is 23.5 Å². The van der Waals surface area contributed by atoms with Crippen molar-refractivity contribution in [1.82, 2.24) is 9.55 Å². The molecule has 0 spiro atoms. The molecule has 0 unspecified atom stereocenters. The fraction of sp³-hybridized carbons (Fsp3) is 0.136. The molecule has 31 heavy (non-hydrogen) atoms. The van der Waals surface area contributed by atoms with Crippen LogP contribution in [-0.2, 0) is 11.3 Å². The largest absolute Gasteiger partial charge is 0.319 e. The minimum atomic E-state index is -0.545. The van der Waals surface area contributed by atoms with E-state index in [9.17, 15) is 19.7 Å². The maximum atomic E-state index is 13.1. The zero-order chi connectivity index (χ0) is 22.1. The number of thiophene rings is 1. The van der Waals surface area contributed by atoms with Crippen LogP contribution >= 0.6 is 11.3 Å². The summed E-state index contributed by atoms with van der Waals surface area (Å²) in [5, 5.41) is 16.3. The van der Waals surface area contributed by atoms with Gasteiger partial charge in [0.05, 0.1) is 16.6 Å². The number of fused-ring (bicyclic) bond motifs is 1. The van der Waals surface area contributed by atoms with Crippen molar-refractivity contribution in [3.05, 3.63) is 85.8 Å².